The molecule has 0 atom stereocenters. The maximum absolute atomic E-state index is 2.65. The zero-order valence-electron chi connectivity index (χ0n) is 23.4. The molecular formula is C39H25BN2. The van der Waals surface area contributed by atoms with E-state index in [1.54, 1.807) is 0 Å². The van der Waals surface area contributed by atoms with Gasteiger partial charge < -0.3 is 9.13 Å². The summed E-state index contributed by atoms with van der Waals surface area (Å²) < 4.78 is 5.23. The van der Waals surface area contributed by atoms with Crippen LogP contribution in [0.2, 0.25) is 0 Å². The summed E-state index contributed by atoms with van der Waals surface area (Å²) in [6, 6.07) is 43.4. The lowest BCUT2D eigenvalue weighted by atomic mass is 9.34. The molecule has 0 radical (unpaired) electrons. The molecule has 0 saturated carbocycles. The average Bonchev–Trinajstić information content (AvgIpc) is 3.63. The lowest BCUT2D eigenvalue weighted by molar-refractivity contribution is 0.657. The van der Waals surface area contributed by atoms with Gasteiger partial charge >= 0.3 is 0 Å². The monoisotopic (exact) mass is 532 g/mol. The number of rotatable bonds is 0. The molecule has 6 aromatic carbocycles. The van der Waals surface area contributed by atoms with Gasteiger partial charge in [0, 0.05) is 43.9 Å². The second-order valence-corrected chi connectivity index (χ2v) is 12.8. The SMILES string of the molecule is CC1(C)c2ccccc2-c2c1c1c3c4c2c2ccccc2n4-c2ccccc2B3c2cccc3c4ccccc4n-1c23. The van der Waals surface area contributed by atoms with Crippen LogP contribution in [0.4, 0.5) is 0 Å². The second kappa shape index (κ2) is 6.88. The van der Waals surface area contributed by atoms with Crippen molar-refractivity contribution in [1.82, 2.24) is 9.13 Å². The molecule has 2 aliphatic heterocycles. The van der Waals surface area contributed by atoms with Crippen molar-refractivity contribution >= 4 is 66.7 Å². The maximum atomic E-state index is 2.65. The molecule has 3 heteroatoms. The lowest BCUT2D eigenvalue weighted by Crippen LogP contribution is -2.59. The fraction of sp³-hybridized carbons (Fsp3) is 0.0769. The maximum Gasteiger partial charge on any atom is 0.252 e. The second-order valence-electron chi connectivity index (χ2n) is 12.8. The first kappa shape index (κ1) is 21.7. The number of fused-ring (bicyclic) bond motifs is 16. The highest BCUT2D eigenvalue weighted by molar-refractivity contribution is 7.00. The molecule has 0 N–H and O–H groups in total. The summed E-state index contributed by atoms with van der Waals surface area (Å²) in [7, 11) is 0. The first-order valence-electron chi connectivity index (χ1n) is 15.0. The van der Waals surface area contributed by atoms with Gasteiger partial charge in [-0.1, -0.05) is 111 Å². The average molecular weight is 532 g/mol. The molecule has 194 valence electrons. The third kappa shape index (κ3) is 2.15. The Morgan fingerprint density at radius 2 is 1.24 bits per heavy atom. The molecule has 8 aromatic rings. The minimum atomic E-state index is -0.152. The van der Waals surface area contributed by atoms with E-state index in [1.807, 2.05) is 0 Å². The van der Waals surface area contributed by atoms with E-state index in [4.69, 9.17) is 0 Å². The van der Waals surface area contributed by atoms with E-state index in [1.165, 1.54) is 93.6 Å². The van der Waals surface area contributed by atoms with E-state index in [2.05, 4.69) is 138 Å². The number of aromatic nitrogens is 2. The molecule has 0 saturated heterocycles. The first-order valence-corrected chi connectivity index (χ1v) is 15.0. The number of hydrogen-bond donors (Lipinski definition) is 0. The molecule has 2 nitrogen and oxygen atoms in total. The molecule has 0 unspecified atom stereocenters. The topological polar surface area (TPSA) is 9.86 Å². The van der Waals surface area contributed by atoms with Gasteiger partial charge in [0.2, 0.25) is 0 Å². The van der Waals surface area contributed by atoms with Crippen molar-refractivity contribution < 1.29 is 0 Å². The summed E-state index contributed by atoms with van der Waals surface area (Å²) in [5.41, 5.74) is 17.8. The van der Waals surface area contributed by atoms with Crippen LogP contribution in [0, 0.1) is 0 Å². The lowest BCUT2D eigenvalue weighted by Gasteiger charge is -2.36. The molecule has 11 rings (SSSR count). The van der Waals surface area contributed by atoms with E-state index >= 15 is 0 Å². The van der Waals surface area contributed by atoms with Crippen LogP contribution in [0.25, 0.3) is 66.1 Å². The van der Waals surface area contributed by atoms with Gasteiger partial charge in [-0.15, -0.1) is 0 Å². The van der Waals surface area contributed by atoms with Crippen molar-refractivity contribution in [3.8, 4) is 22.5 Å². The van der Waals surface area contributed by atoms with Crippen LogP contribution in [0.5, 0.6) is 0 Å². The van der Waals surface area contributed by atoms with Crippen LogP contribution in [-0.4, -0.2) is 15.8 Å². The van der Waals surface area contributed by atoms with E-state index in [0.29, 0.717) is 0 Å². The molecule has 0 spiro atoms. The molecule has 3 aliphatic rings. The fourth-order valence-corrected chi connectivity index (χ4v) is 9.18. The van der Waals surface area contributed by atoms with Crippen molar-refractivity contribution in [3.05, 3.63) is 126 Å². The van der Waals surface area contributed by atoms with Gasteiger partial charge in [0.15, 0.2) is 0 Å². The van der Waals surface area contributed by atoms with Gasteiger partial charge in [0.05, 0.1) is 16.6 Å². The van der Waals surface area contributed by atoms with Crippen LogP contribution in [-0.2, 0) is 5.41 Å². The highest BCUT2D eigenvalue weighted by Crippen LogP contribution is 2.56. The van der Waals surface area contributed by atoms with Gasteiger partial charge in [-0.05, 0) is 56.8 Å². The Morgan fingerprint density at radius 1 is 0.571 bits per heavy atom. The smallest absolute Gasteiger partial charge is 0.252 e. The van der Waals surface area contributed by atoms with Crippen LogP contribution < -0.4 is 16.4 Å². The van der Waals surface area contributed by atoms with Gasteiger partial charge in [-0.3, -0.25) is 0 Å². The molecule has 0 bridgehead atoms. The van der Waals surface area contributed by atoms with Crippen molar-refractivity contribution in [2.45, 2.75) is 19.3 Å². The van der Waals surface area contributed by atoms with Gasteiger partial charge in [0.25, 0.3) is 6.71 Å². The predicted octanol–water partition coefficient (Wildman–Crippen LogP) is 7.33. The Bertz CT molecular complexity index is 2560. The van der Waals surface area contributed by atoms with Crippen LogP contribution >= 0.6 is 0 Å². The quantitative estimate of drug-likeness (QED) is 0.181. The summed E-state index contributed by atoms with van der Waals surface area (Å²) >= 11 is 0. The van der Waals surface area contributed by atoms with E-state index in [-0.39, 0.29) is 12.1 Å². The zero-order valence-corrected chi connectivity index (χ0v) is 23.4. The van der Waals surface area contributed by atoms with E-state index in [9.17, 15) is 0 Å². The van der Waals surface area contributed by atoms with Crippen LogP contribution in [0.1, 0.15) is 25.0 Å². The van der Waals surface area contributed by atoms with Crippen molar-refractivity contribution in [3.63, 3.8) is 0 Å². The molecule has 0 fully saturated rings. The summed E-state index contributed by atoms with van der Waals surface area (Å²) in [4.78, 5) is 0. The number of nitrogens with zero attached hydrogens (tertiary/aromatic N) is 2. The zero-order chi connectivity index (χ0) is 27.5. The van der Waals surface area contributed by atoms with Crippen molar-refractivity contribution in [2.24, 2.45) is 0 Å². The van der Waals surface area contributed by atoms with Crippen LogP contribution in [0.15, 0.2) is 115 Å². The molecule has 0 amide bonds. The minimum absolute atomic E-state index is 0.152. The molecule has 4 heterocycles. The van der Waals surface area contributed by atoms with Crippen LogP contribution in [0.3, 0.4) is 0 Å². The minimum Gasteiger partial charge on any atom is -0.310 e. The Labute approximate surface area is 243 Å². The Kier molecular flexibility index (Phi) is 3.56. The van der Waals surface area contributed by atoms with Crippen molar-refractivity contribution in [1.29, 1.82) is 0 Å². The Hall–Kier alpha value is -5.02. The van der Waals surface area contributed by atoms with Gasteiger partial charge in [0.1, 0.15) is 0 Å². The third-order valence-electron chi connectivity index (χ3n) is 10.7. The molecular weight excluding hydrogens is 507 g/mol. The third-order valence-corrected chi connectivity index (χ3v) is 10.7. The highest BCUT2D eigenvalue weighted by Gasteiger charge is 2.48. The van der Waals surface area contributed by atoms with Gasteiger partial charge in [-0.2, -0.15) is 0 Å². The summed E-state index contributed by atoms with van der Waals surface area (Å²) in [5, 5.41) is 5.43. The first-order chi connectivity index (χ1) is 20.7. The highest BCUT2D eigenvalue weighted by atomic mass is 15.0. The number of benzene rings is 6. The standard InChI is InChI=1S/C39H25BN2/c1-39(2)26-16-6-3-13-24(26)32-33-25-14-5-9-20-30(25)41-31-21-10-7-17-27(31)40-28-18-11-15-23-22-12-4-8-19-29(22)42(36(23)28)38(34(32)39)35(40)37(33)41/h3-21H,1-2H3. The fourth-order valence-electron chi connectivity index (χ4n) is 9.18. The van der Waals surface area contributed by atoms with Crippen molar-refractivity contribution in [2.75, 3.05) is 0 Å². The Balaban J connectivity index is 1.53. The molecule has 42 heavy (non-hydrogen) atoms. The number of para-hydroxylation sites is 4. The largest absolute Gasteiger partial charge is 0.310 e. The van der Waals surface area contributed by atoms with E-state index < -0.39 is 0 Å². The summed E-state index contributed by atoms with van der Waals surface area (Å²) in [6.07, 6.45) is 0. The summed E-state index contributed by atoms with van der Waals surface area (Å²) in [6.45, 7) is 5.06. The predicted molar refractivity (Wildman–Crippen MR) is 177 cm³/mol. The number of hydrogen-bond acceptors (Lipinski definition) is 0. The normalized spacial score (nSPS) is 15.0. The Morgan fingerprint density at radius 3 is 2.12 bits per heavy atom. The van der Waals surface area contributed by atoms with Gasteiger partial charge in [-0.25, -0.2) is 0 Å². The molecule has 2 aromatic heterocycles. The van der Waals surface area contributed by atoms with E-state index in [0.717, 1.165) is 0 Å². The molecule has 1 aliphatic carbocycles. The summed E-state index contributed by atoms with van der Waals surface area (Å²) in [5.74, 6) is 0.